The summed E-state index contributed by atoms with van der Waals surface area (Å²) in [5, 5.41) is 0.275. The highest BCUT2D eigenvalue weighted by Gasteiger charge is 2.33. The van der Waals surface area contributed by atoms with Crippen LogP contribution in [0.25, 0.3) is 10.9 Å². The second kappa shape index (κ2) is 3.85. The first kappa shape index (κ1) is 11.6. The zero-order valence-electron chi connectivity index (χ0n) is 8.62. The van der Waals surface area contributed by atoms with E-state index in [1.165, 1.54) is 12.1 Å². The molecule has 17 heavy (non-hydrogen) atoms. The van der Waals surface area contributed by atoms with Gasteiger partial charge in [0.05, 0.1) is 16.8 Å². The maximum atomic E-state index is 12.8. The summed E-state index contributed by atoms with van der Waals surface area (Å²) in [4.78, 5) is 7.46. The molecule has 1 heterocycles. The minimum absolute atomic E-state index is 0.00449. The lowest BCUT2D eigenvalue weighted by Gasteiger charge is -2.11. The molecule has 0 fully saturated rings. The fraction of sp³-hybridized carbons (Fsp3) is 0.200. The van der Waals surface area contributed by atoms with Crippen LogP contribution >= 0.6 is 0 Å². The van der Waals surface area contributed by atoms with Gasteiger partial charge in [0.15, 0.2) is 0 Å². The molecule has 0 atom stereocenters. The normalized spacial score (nSPS) is 12.0. The van der Waals surface area contributed by atoms with Crippen molar-refractivity contribution >= 4 is 16.9 Å². The van der Waals surface area contributed by atoms with Crippen molar-refractivity contribution in [1.29, 1.82) is 0 Å². The van der Waals surface area contributed by atoms with Crippen molar-refractivity contribution in [3.63, 3.8) is 0 Å². The third kappa shape index (κ3) is 2.01. The first-order valence-corrected chi connectivity index (χ1v) is 4.76. The largest absolute Gasteiger partial charge is 0.418 e. The third-order valence-electron chi connectivity index (χ3n) is 2.32. The smallest absolute Gasteiger partial charge is 0.368 e. The van der Waals surface area contributed by atoms with Gasteiger partial charge < -0.3 is 11.5 Å². The first-order valence-electron chi connectivity index (χ1n) is 4.76. The van der Waals surface area contributed by atoms with Gasteiger partial charge in [-0.2, -0.15) is 13.2 Å². The van der Waals surface area contributed by atoms with Gasteiger partial charge in [0.2, 0.25) is 5.95 Å². The number of fused-ring (bicyclic) bond motifs is 1. The Bertz CT molecular complexity index is 565. The van der Waals surface area contributed by atoms with Gasteiger partial charge in [-0.25, -0.2) is 9.97 Å². The molecule has 7 heteroatoms. The van der Waals surface area contributed by atoms with Crippen LogP contribution in [-0.4, -0.2) is 9.97 Å². The number of nitrogens with zero attached hydrogens (tertiary/aromatic N) is 2. The van der Waals surface area contributed by atoms with Crippen LogP contribution in [0.15, 0.2) is 18.2 Å². The molecule has 2 aromatic rings. The van der Waals surface area contributed by atoms with E-state index in [1.807, 2.05) is 0 Å². The molecule has 1 aromatic carbocycles. The van der Waals surface area contributed by atoms with E-state index in [0.717, 1.165) is 6.07 Å². The van der Waals surface area contributed by atoms with Crippen molar-refractivity contribution in [2.45, 2.75) is 12.7 Å². The van der Waals surface area contributed by atoms with Gasteiger partial charge >= 0.3 is 6.18 Å². The zero-order valence-corrected chi connectivity index (χ0v) is 8.62. The Morgan fingerprint density at radius 1 is 1.18 bits per heavy atom. The Morgan fingerprint density at radius 2 is 1.88 bits per heavy atom. The fourth-order valence-corrected chi connectivity index (χ4v) is 1.62. The van der Waals surface area contributed by atoms with Crippen LogP contribution in [0.5, 0.6) is 0 Å². The van der Waals surface area contributed by atoms with Crippen LogP contribution in [0, 0.1) is 0 Å². The highest BCUT2D eigenvalue weighted by Crippen LogP contribution is 2.34. The minimum atomic E-state index is -4.48. The van der Waals surface area contributed by atoms with Crippen molar-refractivity contribution in [2.24, 2.45) is 5.73 Å². The molecule has 90 valence electrons. The van der Waals surface area contributed by atoms with E-state index in [0.29, 0.717) is 5.69 Å². The molecular formula is C10H9F3N4. The molecule has 0 aliphatic carbocycles. The van der Waals surface area contributed by atoms with Crippen LogP contribution < -0.4 is 11.5 Å². The lowest BCUT2D eigenvalue weighted by Crippen LogP contribution is -2.10. The summed E-state index contributed by atoms with van der Waals surface area (Å²) < 4.78 is 38.3. The van der Waals surface area contributed by atoms with Crippen molar-refractivity contribution in [2.75, 3.05) is 5.73 Å². The maximum Gasteiger partial charge on any atom is 0.418 e. The number of aromatic nitrogens is 2. The van der Waals surface area contributed by atoms with Gasteiger partial charge in [0.25, 0.3) is 0 Å². The van der Waals surface area contributed by atoms with Crippen molar-refractivity contribution < 1.29 is 13.2 Å². The lowest BCUT2D eigenvalue weighted by molar-refractivity contribution is -0.136. The number of rotatable bonds is 1. The van der Waals surface area contributed by atoms with Crippen LogP contribution in [0.4, 0.5) is 19.1 Å². The van der Waals surface area contributed by atoms with Gasteiger partial charge in [-0.05, 0) is 6.07 Å². The second-order valence-corrected chi connectivity index (χ2v) is 3.43. The average molecular weight is 242 g/mol. The van der Waals surface area contributed by atoms with Gasteiger partial charge in [0.1, 0.15) is 0 Å². The van der Waals surface area contributed by atoms with E-state index in [-0.39, 0.29) is 23.4 Å². The number of halogens is 3. The minimum Gasteiger partial charge on any atom is -0.368 e. The van der Waals surface area contributed by atoms with Crippen molar-refractivity contribution in [3.8, 4) is 0 Å². The zero-order chi connectivity index (χ0) is 12.6. The molecule has 2 rings (SSSR count). The van der Waals surface area contributed by atoms with Crippen molar-refractivity contribution in [3.05, 3.63) is 29.5 Å². The highest BCUT2D eigenvalue weighted by molar-refractivity contribution is 5.85. The predicted octanol–water partition coefficient (Wildman–Crippen LogP) is 1.69. The molecule has 4 N–H and O–H groups in total. The molecule has 0 spiro atoms. The molecule has 0 bridgehead atoms. The van der Waals surface area contributed by atoms with E-state index >= 15 is 0 Å². The molecule has 0 aliphatic rings. The molecule has 0 saturated heterocycles. The highest BCUT2D eigenvalue weighted by atomic mass is 19.4. The van der Waals surface area contributed by atoms with Gasteiger partial charge in [0, 0.05) is 11.9 Å². The van der Waals surface area contributed by atoms with E-state index in [2.05, 4.69) is 9.97 Å². The van der Waals surface area contributed by atoms with Crippen LogP contribution in [0.1, 0.15) is 11.3 Å². The third-order valence-corrected chi connectivity index (χ3v) is 2.32. The number of alkyl halides is 3. The number of nitrogens with two attached hydrogens (primary N) is 2. The van der Waals surface area contributed by atoms with Gasteiger partial charge in [-0.1, -0.05) is 12.1 Å². The van der Waals surface area contributed by atoms with Gasteiger partial charge in [-0.15, -0.1) is 0 Å². The number of para-hydroxylation sites is 1. The Labute approximate surface area is 94.5 Å². The van der Waals surface area contributed by atoms with Crippen LogP contribution in [0.2, 0.25) is 0 Å². The first-order chi connectivity index (χ1) is 7.93. The summed E-state index contributed by atoms with van der Waals surface area (Å²) in [7, 11) is 0. The molecular weight excluding hydrogens is 233 g/mol. The topological polar surface area (TPSA) is 77.8 Å². The molecule has 0 radical (unpaired) electrons. The molecule has 1 aromatic heterocycles. The number of hydrogen-bond donors (Lipinski definition) is 2. The molecule has 0 amide bonds. The van der Waals surface area contributed by atoms with E-state index in [1.54, 1.807) is 0 Å². The Balaban J connectivity index is 2.85. The summed E-state index contributed by atoms with van der Waals surface area (Å²) in [6.45, 7) is 0.00449. The number of benzene rings is 1. The molecule has 0 unspecified atom stereocenters. The Hall–Kier alpha value is -1.89. The average Bonchev–Trinajstić information content (AvgIpc) is 2.25. The number of anilines is 1. The van der Waals surface area contributed by atoms with Crippen LogP contribution in [-0.2, 0) is 12.7 Å². The number of hydrogen-bond acceptors (Lipinski definition) is 4. The molecule has 0 saturated carbocycles. The predicted molar refractivity (Wildman–Crippen MR) is 56.8 cm³/mol. The summed E-state index contributed by atoms with van der Waals surface area (Å²) in [5.41, 5.74) is 10.0. The number of nitrogen functional groups attached to an aromatic ring is 1. The fourth-order valence-electron chi connectivity index (χ4n) is 1.62. The summed E-state index contributed by atoms with van der Waals surface area (Å²) in [5.74, 6) is -0.213. The summed E-state index contributed by atoms with van der Waals surface area (Å²) in [6.07, 6.45) is -4.48. The summed E-state index contributed by atoms with van der Waals surface area (Å²) >= 11 is 0. The van der Waals surface area contributed by atoms with E-state index in [9.17, 15) is 13.2 Å². The van der Waals surface area contributed by atoms with Gasteiger partial charge in [-0.3, -0.25) is 0 Å². The molecule has 4 nitrogen and oxygen atoms in total. The van der Waals surface area contributed by atoms with E-state index in [4.69, 9.17) is 11.5 Å². The molecule has 0 aliphatic heterocycles. The SMILES string of the molecule is NCc1nc(N)nc2c(C(F)(F)F)cccc12. The monoisotopic (exact) mass is 242 g/mol. The quantitative estimate of drug-likeness (QED) is 0.797. The lowest BCUT2D eigenvalue weighted by atomic mass is 10.1. The van der Waals surface area contributed by atoms with Crippen molar-refractivity contribution in [1.82, 2.24) is 9.97 Å². The Kier molecular flexibility index (Phi) is 2.62. The standard InChI is InChI=1S/C10H9F3N4/c11-10(12,13)6-3-1-2-5-7(4-14)16-9(15)17-8(5)6/h1-3H,4,14H2,(H2,15,16,17). The maximum absolute atomic E-state index is 12.8. The second-order valence-electron chi connectivity index (χ2n) is 3.43. The Morgan fingerprint density at radius 3 is 2.47 bits per heavy atom. The van der Waals surface area contributed by atoms with Crippen LogP contribution in [0.3, 0.4) is 0 Å². The summed E-state index contributed by atoms with van der Waals surface area (Å²) in [6, 6.07) is 3.74. The van der Waals surface area contributed by atoms with E-state index < -0.39 is 11.7 Å².